The molecule has 1 aliphatic heterocycles. The van der Waals surface area contributed by atoms with Crippen molar-refractivity contribution in [3.8, 4) is 11.5 Å². The molecule has 1 aromatic carbocycles. The Morgan fingerprint density at radius 3 is 2.55 bits per heavy atom. The second-order valence-corrected chi connectivity index (χ2v) is 6.00. The van der Waals surface area contributed by atoms with Crippen molar-refractivity contribution in [3.63, 3.8) is 0 Å². The molecule has 3 rings (SSSR count). The van der Waals surface area contributed by atoms with Gasteiger partial charge in [-0.2, -0.15) is 0 Å². The SMILES string of the molecule is O=Cc1c(Br)cc(C2(CC(=O)O)CC2)c2c1OCCO2. The maximum Gasteiger partial charge on any atom is 0.304 e. The van der Waals surface area contributed by atoms with Gasteiger partial charge in [0, 0.05) is 15.5 Å². The van der Waals surface area contributed by atoms with Crippen LogP contribution in [0.25, 0.3) is 0 Å². The minimum absolute atomic E-state index is 0.0652. The highest BCUT2D eigenvalue weighted by Crippen LogP contribution is 2.57. The predicted octanol–water partition coefficient (Wildman–Crippen LogP) is 2.54. The van der Waals surface area contributed by atoms with Crippen LogP contribution in [0.3, 0.4) is 0 Å². The van der Waals surface area contributed by atoms with E-state index in [9.17, 15) is 9.59 Å². The van der Waals surface area contributed by atoms with Crippen molar-refractivity contribution in [2.75, 3.05) is 13.2 Å². The predicted molar refractivity (Wildman–Crippen MR) is 73.7 cm³/mol. The topological polar surface area (TPSA) is 72.8 Å². The fourth-order valence-electron chi connectivity index (χ4n) is 2.68. The van der Waals surface area contributed by atoms with Crippen molar-refractivity contribution in [3.05, 3.63) is 21.7 Å². The molecule has 0 bridgehead atoms. The Kier molecular flexibility index (Phi) is 3.20. The van der Waals surface area contributed by atoms with E-state index in [1.807, 2.05) is 0 Å². The number of ether oxygens (including phenoxy) is 2. The summed E-state index contributed by atoms with van der Waals surface area (Å²) in [6.45, 7) is 0.790. The van der Waals surface area contributed by atoms with Gasteiger partial charge >= 0.3 is 5.97 Å². The molecule has 1 fully saturated rings. The lowest BCUT2D eigenvalue weighted by Gasteiger charge is -2.26. The smallest absolute Gasteiger partial charge is 0.304 e. The average molecular weight is 341 g/mol. The zero-order valence-corrected chi connectivity index (χ0v) is 12.2. The van der Waals surface area contributed by atoms with E-state index in [2.05, 4.69) is 15.9 Å². The zero-order valence-electron chi connectivity index (χ0n) is 10.6. The monoisotopic (exact) mass is 340 g/mol. The van der Waals surface area contributed by atoms with Gasteiger partial charge in [0.2, 0.25) is 0 Å². The fraction of sp³-hybridized carbons (Fsp3) is 0.429. The molecule has 1 N–H and O–H groups in total. The van der Waals surface area contributed by atoms with Crippen LogP contribution in [0.1, 0.15) is 35.2 Å². The van der Waals surface area contributed by atoms with E-state index in [4.69, 9.17) is 14.6 Å². The van der Waals surface area contributed by atoms with Crippen molar-refractivity contribution in [1.29, 1.82) is 0 Å². The number of carbonyl (C=O) groups is 2. The van der Waals surface area contributed by atoms with Gasteiger partial charge in [0.25, 0.3) is 0 Å². The Balaban J connectivity index is 2.14. The molecule has 0 unspecified atom stereocenters. The van der Waals surface area contributed by atoms with Gasteiger partial charge in [0.05, 0.1) is 12.0 Å². The summed E-state index contributed by atoms with van der Waals surface area (Å²) in [5, 5.41) is 9.08. The van der Waals surface area contributed by atoms with Crippen molar-refractivity contribution in [2.45, 2.75) is 24.7 Å². The number of rotatable bonds is 4. The van der Waals surface area contributed by atoms with Gasteiger partial charge in [0.15, 0.2) is 17.8 Å². The summed E-state index contributed by atoms with van der Waals surface area (Å²) in [6.07, 6.45) is 2.40. The Labute approximate surface area is 124 Å². The van der Waals surface area contributed by atoms with E-state index in [1.54, 1.807) is 6.07 Å². The first-order chi connectivity index (χ1) is 9.57. The van der Waals surface area contributed by atoms with E-state index in [-0.39, 0.29) is 11.8 Å². The van der Waals surface area contributed by atoms with E-state index < -0.39 is 5.97 Å². The molecule has 6 heteroatoms. The Hall–Kier alpha value is -1.56. The average Bonchev–Trinajstić information content (AvgIpc) is 3.17. The van der Waals surface area contributed by atoms with Crippen molar-refractivity contribution >= 4 is 28.2 Å². The quantitative estimate of drug-likeness (QED) is 0.852. The molecular formula is C14H13BrO5. The highest BCUT2D eigenvalue weighted by molar-refractivity contribution is 9.10. The van der Waals surface area contributed by atoms with E-state index in [0.29, 0.717) is 34.7 Å². The number of aliphatic carboxylic acids is 1. The highest BCUT2D eigenvalue weighted by atomic mass is 79.9. The Morgan fingerprint density at radius 2 is 2.00 bits per heavy atom. The van der Waals surface area contributed by atoms with Crippen LogP contribution in [-0.2, 0) is 10.2 Å². The zero-order chi connectivity index (χ0) is 14.3. The van der Waals surface area contributed by atoms with Crippen LogP contribution >= 0.6 is 15.9 Å². The molecular weight excluding hydrogens is 328 g/mol. The van der Waals surface area contributed by atoms with Crippen LogP contribution in [0, 0.1) is 0 Å². The molecule has 20 heavy (non-hydrogen) atoms. The second-order valence-electron chi connectivity index (χ2n) is 5.14. The third kappa shape index (κ3) is 2.08. The third-order valence-electron chi connectivity index (χ3n) is 3.83. The van der Waals surface area contributed by atoms with Crippen molar-refractivity contribution in [2.24, 2.45) is 0 Å². The van der Waals surface area contributed by atoms with Crippen LogP contribution in [0.15, 0.2) is 10.5 Å². The summed E-state index contributed by atoms with van der Waals surface area (Å²) in [4.78, 5) is 22.3. The molecule has 0 aromatic heterocycles. The number of halogens is 1. The summed E-state index contributed by atoms with van der Waals surface area (Å²) in [5.74, 6) is 0.121. The summed E-state index contributed by atoms with van der Waals surface area (Å²) in [7, 11) is 0. The molecule has 0 amide bonds. The number of hydrogen-bond donors (Lipinski definition) is 1. The summed E-state index contributed by atoms with van der Waals surface area (Å²) in [6, 6.07) is 1.80. The minimum Gasteiger partial charge on any atom is -0.486 e. The lowest BCUT2D eigenvalue weighted by Crippen LogP contribution is -2.22. The normalized spacial score (nSPS) is 18.4. The number of carboxylic acid groups (broad SMARTS) is 1. The summed E-state index contributed by atoms with van der Waals surface area (Å²) < 4.78 is 11.8. The molecule has 1 heterocycles. The van der Waals surface area contributed by atoms with Gasteiger partial charge in [-0.1, -0.05) is 0 Å². The Bertz CT molecular complexity index is 592. The van der Waals surface area contributed by atoms with Gasteiger partial charge < -0.3 is 14.6 Å². The number of aldehydes is 1. The summed E-state index contributed by atoms with van der Waals surface area (Å²) in [5.41, 5.74) is 0.849. The molecule has 5 nitrogen and oxygen atoms in total. The van der Waals surface area contributed by atoms with Gasteiger partial charge in [-0.3, -0.25) is 9.59 Å². The number of fused-ring (bicyclic) bond motifs is 1. The first-order valence-electron chi connectivity index (χ1n) is 6.37. The first kappa shape index (κ1) is 13.4. The lowest BCUT2D eigenvalue weighted by molar-refractivity contribution is -0.137. The van der Waals surface area contributed by atoms with Gasteiger partial charge in [-0.25, -0.2) is 0 Å². The number of hydrogen-bond acceptors (Lipinski definition) is 4. The molecule has 0 spiro atoms. The van der Waals surface area contributed by atoms with Crippen molar-refractivity contribution < 1.29 is 24.2 Å². The van der Waals surface area contributed by atoms with Crippen molar-refractivity contribution in [1.82, 2.24) is 0 Å². The van der Waals surface area contributed by atoms with Crippen LogP contribution in [0.5, 0.6) is 11.5 Å². The number of benzene rings is 1. The minimum atomic E-state index is -0.830. The molecule has 106 valence electrons. The second kappa shape index (κ2) is 4.77. The molecule has 1 aromatic rings. The third-order valence-corrected chi connectivity index (χ3v) is 4.49. The number of carboxylic acids is 1. The molecule has 0 saturated heterocycles. The van der Waals surface area contributed by atoms with E-state index in [0.717, 1.165) is 24.7 Å². The van der Waals surface area contributed by atoms with E-state index >= 15 is 0 Å². The fourth-order valence-corrected chi connectivity index (χ4v) is 3.19. The van der Waals surface area contributed by atoms with Crippen LogP contribution in [-0.4, -0.2) is 30.6 Å². The molecule has 0 atom stereocenters. The first-order valence-corrected chi connectivity index (χ1v) is 7.16. The molecule has 2 aliphatic rings. The summed E-state index contributed by atoms with van der Waals surface area (Å²) >= 11 is 3.36. The lowest BCUT2D eigenvalue weighted by atomic mass is 9.90. The molecule has 1 saturated carbocycles. The van der Waals surface area contributed by atoms with Gasteiger partial charge in [-0.15, -0.1) is 0 Å². The maximum atomic E-state index is 11.2. The Morgan fingerprint density at radius 1 is 1.35 bits per heavy atom. The van der Waals surface area contributed by atoms with Crippen LogP contribution < -0.4 is 9.47 Å². The largest absolute Gasteiger partial charge is 0.486 e. The standard InChI is InChI=1S/C14H13BrO5/c15-10-5-9(14(1-2-14)6-11(17)18)13-12(8(10)7-16)19-3-4-20-13/h5,7H,1-4,6H2,(H,17,18). The van der Waals surface area contributed by atoms with Gasteiger partial charge in [0.1, 0.15) is 13.2 Å². The number of carbonyl (C=O) groups excluding carboxylic acids is 1. The van der Waals surface area contributed by atoms with Crippen LogP contribution in [0.4, 0.5) is 0 Å². The van der Waals surface area contributed by atoms with Crippen LogP contribution in [0.2, 0.25) is 0 Å². The molecule has 0 radical (unpaired) electrons. The van der Waals surface area contributed by atoms with Gasteiger partial charge in [-0.05, 0) is 34.8 Å². The highest BCUT2D eigenvalue weighted by Gasteiger charge is 2.49. The van der Waals surface area contributed by atoms with E-state index in [1.165, 1.54) is 0 Å². The molecule has 1 aliphatic carbocycles. The maximum absolute atomic E-state index is 11.2.